The minimum atomic E-state index is -0.550. The van der Waals surface area contributed by atoms with E-state index in [-0.39, 0.29) is 27.7 Å². The molecule has 2 N–H and O–H groups in total. The first-order chi connectivity index (χ1) is 12.8. The fraction of sp³-hybridized carbons (Fsp3) is 0. The fourth-order valence-corrected chi connectivity index (χ4v) is 3.17. The maximum atomic E-state index is 11.1. The molecule has 0 aliphatic rings. The highest BCUT2D eigenvalue weighted by molar-refractivity contribution is 6.35. The Hall–Kier alpha value is -2.85. The van der Waals surface area contributed by atoms with Crippen LogP contribution >= 0.6 is 34.8 Å². The first-order valence-electron chi connectivity index (χ1n) is 7.42. The third kappa shape index (κ3) is 3.67. The van der Waals surface area contributed by atoms with Crippen LogP contribution in [0.4, 0.5) is 11.5 Å². The van der Waals surface area contributed by atoms with E-state index in [0.717, 1.165) is 0 Å². The summed E-state index contributed by atoms with van der Waals surface area (Å²) in [6.07, 6.45) is 0. The molecule has 3 aromatic rings. The SMILES string of the molecule is N#Cc1c(-c2cc([N+](=O)[O-])ccc2Cl)cc(-c2cc(Cl)ccc2Cl)nc1N. The number of non-ortho nitro benzene ring substituents is 1. The van der Waals surface area contributed by atoms with E-state index in [1.54, 1.807) is 24.3 Å². The van der Waals surface area contributed by atoms with Crippen molar-refractivity contribution in [3.05, 3.63) is 73.2 Å². The number of rotatable bonds is 3. The third-order valence-corrected chi connectivity index (χ3v) is 4.71. The summed E-state index contributed by atoms with van der Waals surface area (Å²) >= 11 is 18.5. The van der Waals surface area contributed by atoms with E-state index in [1.165, 1.54) is 18.2 Å². The molecule has 0 radical (unpaired) electrons. The van der Waals surface area contributed by atoms with Crippen LogP contribution in [0.3, 0.4) is 0 Å². The van der Waals surface area contributed by atoms with Crippen molar-refractivity contribution in [2.45, 2.75) is 0 Å². The van der Waals surface area contributed by atoms with Crippen LogP contribution in [0, 0.1) is 21.4 Å². The maximum absolute atomic E-state index is 11.1. The largest absolute Gasteiger partial charge is 0.383 e. The van der Waals surface area contributed by atoms with Gasteiger partial charge in [-0.3, -0.25) is 10.1 Å². The van der Waals surface area contributed by atoms with E-state index in [1.807, 2.05) is 6.07 Å². The molecule has 0 spiro atoms. The number of nitrogens with two attached hydrogens (primary N) is 1. The van der Waals surface area contributed by atoms with Crippen LogP contribution in [0.1, 0.15) is 5.56 Å². The van der Waals surface area contributed by atoms with E-state index in [0.29, 0.717) is 26.9 Å². The molecule has 1 heterocycles. The number of nitrogens with zero attached hydrogens (tertiary/aromatic N) is 3. The molecule has 0 bridgehead atoms. The summed E-state index contributed by atoms with van der Waals surface area (Å²) in [5.41, 5.74) is 7.30. The molecule has 2 aromatic carbocycles. The zero-order valence-electron chi connectivity index (χ0n) is 13.4. The van der Waals surface area contributed by atoms with Gasteiger partial charge < -0.3 is 5.73 Å². The number of pyridine rings is 1. The standard InChI is InChI=1S/C18H9Cl3N4O2/c19-9-1-3-16(21)13(5-9)17-7-11(14(8-22)18(23)24-17)12-6-10(25(26)27)2-4-15(12)20/h1-7H,(H2,23,24). The highest BCUT2D eigenvalue weighted by Gasteiger charge is 2.19. The smallest absolute Gasteiger partial charge is 0.270 e. The summed E-state index contributed by atoms with van der Waals surface area (Å²) in [5, 5.41) is 21.7. The Bertz CT molecular complexity index is 1130. The van der Waals surface area contributed by atoms with Gasteiger partial charge in [0.1, 0.15) is 17.5 Å². The van der Waals surface area contributed by atoms with Crippen molar-refractivity contribution >= 4 is 46.3 Å². The Balaban J connectivity index is 2.32. The lowest BCUT2D eigenvalue weighted by Crippen LogP contribution is -2.00. The molecule has 0 amide bonds. The Morgan fingerprint density at radius 2 is 1.67 bits per heavy atom. The number of anilines is 1. The normalized spacial score (nSPS) is 10.4. The number of nitro benzene ring substituents is 1. The zero-order chi connectivity index (χ0) is 19.7. The molecular formula is C18H9Cl3N4O2. The molecule has 134 valence electrons. The average molecular weight is 420 g/mol. The van der Waals surface area contributed by atoms with Crippen molar-refractivity contribution < 1.29 is 4.92 Å². The monoisotopic (exact) mass is 418 g/mol. The molecule has 9 heteroatoms. The average Bonchev–Trinajstić information content (AvgIpc) is 2.63. The number of aromatic nitrogens is 1. The molecule has 0 aliphatic heterocycles. The summed E-state index contributed by atoms with van der Waals surface area (Å²) in [6.45, 7) is 0. The van der Waals surface area contributed by atoms with E-state index < -0.39 is 4.92 Å². The molecule has 0 aliphatic carbocycles. The predicted molar refractivity (Wildman–Crippen MR) is 106 cm³/mol. The van der Waals surface area contributed by atoms with Crippen molar-refractivity contribution in [3.63, 3.8) is 0 Å². The van der Waals surface area contributed by atoms with Crippen LogP contribution in [-0.4, -0.2) is 9.91 Å². The summed E-state index contributed by atoms with van der Waals surface area (Å²) in [5.74, 6) is -0.0522. The number of nitro groups is 1. The topological polar surface area (TPSA) is 106 Å². The van der Waals surface area contributed by atoms with Crippen LogP contribution in [0.15, 0.2) is 42.5 Å². The van der Waals surface area contributed by atoms with Gasteiger partial charge in [0.05, 0.1) is 15.6 Å². The second-order valence-corrected chi connectivity index (χ2v) is 6.72. The second kappa shape index (κ2) is 7.41. The molecule has 1 aromatic heterocycles. The van der Waals surface area contributed by atoms with E-state index in [2.05, 4.69) is 4.98 Å². The Labute approximate surface area is 168 Å². The maximum Gasteiger partial charge on any atom is 0.270 e. The predicted octanol–water partition coefficient (Wildman–Crippen LogP) is 5.74. The Morgan fingerprint density at radius 3 is 2.33 bits per heavy atom. The molecule has 0 saturated carbocycles. The van der Waals surface area contributed by atoms with Gasteiger partial charge >= 0.3 is 0 Å². The number of nitrogen functional groups attached to an aromatic ring is 1. The van der Waals surface area contributed by atoms with Gasteiger partial charge in [0, 0.05) is 38.9 Å². The van der Waals surface area contributed by atoms with E-state index >= 15 is 0 Å². The van der Waals surface area contributed by atoms with Crippen LogP contribution in [-0.2, 0) is 0 Å². The number of hydrogen-bond donors (Lipinski definition) is 1. The molecular weight excluding hydrogens is 411 g/mol. The van der Waals surface area contributed by atoms with Crippen LogP contribution in [0.25, 0.3) is 22.4 Å². The molecule has 6 nitrogen and oxygen atoms in total. The number of nitriles is 1. The summed E-state index contributed by atoms with van der Waals surface area (Å²) in [4.78, 5) is 14.8. The number of halogens is 3. The third-order valence-electron chi connectivity index (χ3n) is 3.81. The van der Waals surface area contributed by atoms with Crippen molar-refractivity contribution in [2.24, 2.45) is 0 Å². The van der Waals surface area contributed by atoms with Crippen molar-refractivity contribution in [1.29, 1.82) is 5.26 Å². The Morgan fingerprint density at radius 1 is 1.00 bits per heavy atom. The summed E-state index contributed by atoms with van der Waals surface area (Å²) < 4.78 is 0. The molecule has 0 saturated heterocycles. The second-order valence-electron chi connectivity index (χ2n) is 5.47. The molecule has 0 unspecified atom stereocenters. The summed E-state index contributed by atoms with van der Waals surface area (Å²) in [6, 6.07) is 12.3. The van der Waals surface area contributed by atoms with Crippen LogP contribution in [0.5, 0.6) is 0 Å². The van der Waals surface area contributed by atoms with E-state index in [4.69, 9.17) is 40.5 Å². The lowest BCUT2D eigenvalue weighted by Gasteiger charge is -2.12. The van der Waals surface area contributed by atoms with Gasteiger partial charge in [-0.15, -0.1) is 0 Å². The number of hydrogen-bond acceptors (Lipinski definition) is 5. The summed E-state index contributed by atoms with van der Waals surface area (Å²) in [7, 11) is 0. The minimum Gasteiger partial charge on any atom is -0.383 e. The Kier molecular flexibility index (Phi) is 5.19. The molecule has 0 fully saturated rings. The molecule has 27 heavy (non-hydrogen) atoms. The van der Waals surface area contributed by atoms with Gasteiger partial charge in [0.25, 0.3) is 5.69 Å². The zero-order valence-corrected chi connectivity index (χ0v) is 15.7. The van der Waals surface area contributed by atoms with Crippen molar-refractivity contribution in [2.75, 3.05) is 5.73 Å². The van der Waals surface area contributed by atoms with Gasteiger partial charge in [-0.25, -0.2) is 4.98 Å². The highest BCUT2D eigenvalue weighted by atomic mass is 35.5. The molecule has 0 atom stereocenters. The quantitative estimate of drug-likeness (QED) is 0.430. The molecule has 3 rings (SSSR count). The van der Waals surface area contributed by atoms with Crippen LogP contribution < -0.4 is 5.73 Å². The fourth-order valence-electron chi connectivity index (χ4n) is 2.56. The first-order valence-corrected chi connectivity index (χ1v) is 8.55. The van der Waals surface area contributed by atoms with Gasteiger partial charge in [-0.1, -0.05) is 34.8 Å². The van der Waals surface area contributed by atoms with Gasteiger partial charge in [0.15, 0.2) is 0 Å². The highest BCUT2D eigenvalue weighted by Crippen LogP contribution is 2.38. The van der Waals surface area contributed by atoms with E-state index in [9.17, 15) is 15.4 Å². The van der Waals surface area contributed by atoms with Crippen molar-refractivity contribution in [3.8, 4) is 28.5 Å². The lowest BCUT2D eigenvalue weighted by atomic mass is 9.98. The number of benzene rings is 2. The minimum absolute atomic E-state index is 0.0522. The van der Waals surface area contributed by atoms with Crippen molar-refractivity contribution in [1.82, 2.24) is 4.98 Å². The van der Waals surface area contributed by atoms with Gasteiger partial charge in [-0.2, -0.15) is 5.26 Å². The lowest BCUT2D eigenvalue weighted by molar-refractivity contribution is -0.384. The van der Waals surface area contributed by atoms with Crippen LogP contribution in [0.2, 0.25) is 15.1 Å². The van der Waals surface area contributed by atoms with Gasteiger partial charge in [-0.05, 0) is 30.3 Å². The first kappa shape index (κ1) is 18.9. The van der Waals surface area contributed by atoms with Gasteiger partial charge in [0.2, 0.25) is 0 Å².